The van der Waals surface area contributed by atoms with Crippen LogP contribution >= 0.6 is 11.8 Å². The van der Waals surface area contributed by atoms with Crippen molar-refractivity contribution < 1.29 is 0 Å². The number of benzene rings is 1. The predicted octanol–water partition coefficient (Wildman–Crippen LogP) is 3.78. The Morgan fingerprint density at radius 1 is 1.15 bits per heavy atom. The van der Waals surface area contributed by atoms with Crippen molar-refractivity contribution in [1.82, 2.24) is 4.90 Å². The molecule has 0 saturated heterocycles. The van der Waals surface area contributed by atoms with Crippen molar-refractivity contribution in [2.45, 2.75) is 39.0 Å². The third kappa shape index (κ3) is 6.78. The minimum atomic E-state index is 0.212. The van der Waals surface area contributed by atoms with Gasteiger partial charge in [0.1, 0.15) is 0 Å². The summed E-state index contributed by atoms with van der Waals surface area (Å²) < 4.78 is 0. The minimum Gasteiger partial charge on any atom is -0.330 e. The highest BCUT2D eigenvalue weighted by atomic mass is 32.2. The first-order chi connectivity index (χ1) is 9.46. The quantitative estimate of drug-likeness (QED) is 0.703. The Labute approximate surface area is 129 Å². The van der Waals surface area contributed by atoms with E-state index in [1.54, 1.807) is 0 Å². The highest BCUT2D eigenvalue weighted by Crippen LogP contribution is 2.20. The zero-order valence-electron chi connectivity index (χ0n) is 13.5. The van der Waals surface area contributed by atoms with E-state index in [0.29, 0.717) is 0 Å². The number of hydrogen-bond donors (Lipinski definition) is 1. The predicted molar refractivity (Wildman–Crippen MR) is 91.5 cm³/mol. The van der Waals surface area contributed by atoms with Crippen molar-refractivity contribution in [2.75, 3.05) is 31.9 Å². The van der Waals surface area contributed by atoms with E-state index in [-0.39, 0.29) is 5.41 Å². The average molecular weight is 295 g/mol. The Morgan fingerprint density at radius 3 is 2.35 bits per heavy atom. The summed E-state index contributed by atoms with van der Waals surface area (Å²) in [5.74, 6) is 1.14. The van der Waals surface area contributed by atoms with Gasteiger partial charge in [-0.3, -0.25) is 0 Å². The van der Waals surface area contributed by atoms with Crippen molar-refractivity contribution in [1.29, 1.82) is 0 Å². The van der Waals surface area contributed by atoms with Crippen LogP contribution in [-0.4, -0.2) is 36.8 Å². The molecule has 3 heteroatoms. The highest BCUT2D eigenvalue weighted by Gasteiger charge is 2.19. The molecular formula is C17H30N2S. The summed E-state index contributed by atoms with van der Waals surface area (Å²) in [5.41, 5.74) is 7.39. The summed E-state index contributed by atoms with van der Waals surface area (Å²) in [5, 5.41) is 0. The Balaban J connectivity index is 2.40. The van der Waals surface area contributed by atoms with Gasteiger partial charge in [-0.1, -0.05) is 38.5 Å². The van der Waals surface area contributed by atoms with Crippen LogP contribution in [0.15, 0.2) is 29.2 Å². The van der Waals surface area contributed by atoms with E-state index in [2.05, 4.69) is 56.9 Å². The van der Waals surface area contributed by atoms with E-state index >= 15 is 0 Å². The first kappa shape index (κ1) is 17.5. The molecule has 0 bridgehead atoms. The van der Waals surface area contributed by atoms with Crippen LogP contribution < -0.4 is 5.73 Å². The van der Waals surface area contributed by atoms with Gasteiger partial charge in [-0.05, 0) is 44.0 Å². The molecule has 1 aromatic carbocycles. The molecular weight excluding hydrogens is 264 g/mol. The van der Waals surface area contributed by atoms with Crippen LogP contribution in [0.25, 0.3) is 0 Å². The van der Waals surface area contributed by atoms with Crippen LogP contribution in [0.1, 0.15) is 32.8 Å². The van der Waals surface area contributed by atoms with Crippen LogP contribution in [0.2, 0.25) is 0 Å². The van der Waals surface area contributed by atoms with Crippen LogP contribution in [0, 0.1) is 12.3 Å². The summed E-state index contributed by atoms with van der Waals surface area (Å²) in [6.45, 7) is 13.0. The Bertz CT molecular complexity index is 373. The van der Waals surface area contributed by atoms with Crippen molar-refractivity contribution in [3.8, 4) is 0 Å². The van der Waals surface area contributed by atoms with Crippen molar-refractivity contribution >= 4 is 11.8 Å². The van der Waals surface area contributed by atoms with Crippen molar-refractivity contribution in [3.63, 3.8) is 0 Å². The van der Waals surface area contributed by atoms with Crippen LogP contribution in [0.5, 0.6) is 0 Å². The van der Waals surface area contributed by atoms with Gasteiger partial charge in [0.2, 0.25) is 0 Å². The van der Waals surface area contributed by atoms with Gasteiger partial charge >= 0.3 is 0 Å². The van der Waals surface area contributed by atoms with Gasteiger partial charge in [0.25, 0.3) is 0 Å². The minimum absolute atomic E-state index is 0.212. The summed E-state index contributed by atoms with van der Waals surface area (Å²) in [4.78, 5) is 3.92. The molecule has 0 fully saturated rings. The molecule has 0 heterocycles. The molecule has 0 spiro atoms. The first-order valence-corrected chi connectivity index (χ1v) is 8.57. The van der Waals surface area contributed by atoms with Gasteiger partial charge in [0, 0.05) is 23.7 Å². The Morgan fingerprint density at radius 2 is 1.80 bits per heavy atom. The van der Waals surface area contributed by atoms with Gasteiger partial charge in [-0.15, -0.1) is 11.8 Å². The van der Waals surface area contributed by atoms with Gasteiger partial charge in [-0.25, -0.2) is 0 Å². The van der Waals surface area contributed by atoms with E-state index < -0.39 is 0 Å². The van der Waals surface area contributed by atoms with Crippen LogP contribution in [0.4, 0.5) is 0 Å². The third-order valence-corrected chi connectivity index (χ3v) is 4.43. The van der Waals surface area contributed by atoms with Crippen molar-refractivity contribution in [3.05, 3.63) is 29.8 Å². The van der Waals surface area contributed by atoms with E-state index in [9.17, 15) is 0 Å². The molecule has 0 atom stereocenters. The van der Waals surface area contributed by atoms with E-state index in [0.717, 1.165) is 31.9 Å². The number of rotatable bonds is 9. The molecule has 0 aliphatic carbocycles. The molecule has 20 heavy (non-hydrogen) atoms. The summed E-state index contributed by atoms with van der Waals surface area (Å²) in [7, 11) is 0. The molecule has 2 nitrogen and oxygen atoms in total. The molecule has 0 saturated carbocycles. The van der Waals surface area contributed by atoms with Gasteiger partial charge in [-0.2, -0.15) is 0 Å². The highest BCUT2D eigenvalue weighted by molar-refractivity contribution is 7.99. The molecule has 0 aromatic heterocycles. The summed E-state index contributed by atoms with van der Waals surface area (Å²) >= 11 is 1.94. The van der Waals surface area contributed by atoms with Crippen molar-refractivity contribution in [2.24, 2.45) is 11.1 Å². The second kappa shape index (κ2) is 8.71. The molecule has 0 amide bonds. The smallest absolute Gasteiger partial charge is 0.0108 e. The number of aryl methyl sites for hydroxylation is 1. The molecule has 0 radical (unpaired) electrons. The fourth-order valence-electron chi connectivity index (χ4n) is 2.18. The number of nitrogens with two attached hydrogens (primary N) is 1. The van der Waals surface area contributed by atoms with E-state index in [1.807, 2.05) is 11.8 Å². The second-order valence-electron chi connectivity index (χ2n) is 6.31. The molecule has 1 aromatic rings. The molecule has 114 valence electrons. The zero-order chi connectivity index (χ0) is 15.0. The Kier molecular flexibility index (Phi) is 7.63. The maximum Gasteiger partial charge on any atom is 0.0108 e. The fourth-order valence-corrected chi connectivity index (χ4v) is 3.10. The average Bonchev–Trinajstić information content (AvgIpc) is 2.41. The monoisotopic (exact) mass is 294 g/mol. The van der Waals surface area contributed by atoms with E-state index in [1.165, 1.54) is 16.9 Å². The van der Waals surface area contributed by atoms with Gasteiger partial charge in [0.05, 0.1) is 0 Å². The summed E-state index contributed by atoms with van der Waals surface area (Å²) in [6, 6.07) is 8.80. The molecule has 0 unspecified atom stereocenters. The van der Waals surface area contributed by atoms with Gasteiger partial charge in [0.15, 0.2) is 0 Å². The topological polar surface area (TPSA) is 29.3 Å². The summed E-state index contributed by atoms with van der Waals surface area (Å²) in [6.07, 6.45) is 1.20. The zero-order valence-corrected chi connectivity index (χ0v) is 14.3. The Hall–Kier alpha value is -0.510. The lowest BCUT2D eigenvalue weighted by atomic mass is 9.93. The lowest BCUT2D eigenvalue weighted by Crippen LogP contribution is -2.40. The number of thioether (sulfide) groups is 1. The molecule has 2 N–H and O–H groups in total. The molecule has 1 rings (SSSR count). The third-order valence-electron chi connectivity index (χ3n) is 3.44. The van der Waals surface area contributed by atoms with E-state index in [4.69, 9.17) is 5.73 Å². The first-order valence-electron chi connectivity index (χ1n) is 7.59. The molecule has 0 aliphatic rings. The fraction of sp³-hybridized carbons (Fsp3) is 0.647. The van der Waals surface area contributed by atoms with Crippen LogP contribution in [-0.2, 0) is 0 Å². The number of hydrogen-bond acceptors (Lipinski definition) is 3. The maximum absolute atomic E-state index is 5.85. The second-order valence-corrected chi connectivity index (χ2v) is 7.47. The standard InChI is InChI=1S/C17H30N2S/c1-5-10-19(14-17(3,4)13-18)11-12-20-16-8-6-15(2)7-9-16/h6-9H,5,10-14,18H2,1-4H3. The maximum atomic E-state index is 5.85. The molecule has 0 aliphatic heterocycles. The lowest BCUT2D eigenvalue weighted by molar-refractivity contribution is 0.192. The SMILES string of the molecule is CCCN(CCSc1ccc(C)cc1)CC(C)(C)CN. The number of nitrogens with zero attached hydrogens (tertiary/aromatic N) is 1. The normalized spacial score (nSPS) is 12.1. The lowest BCUT2D eigenvalue weighted by Gasteiger charge is -2.31. The van der Waals surface area contributed by atoms with Gasteiger partial charge < -0.3 is 10.6 Å². The largest absolute Gasteiger partial charge is 0.330 e. The van der Waals surface area contributed by atoms with Crippen LogP contribution in [0.3, 0.4) is 0 Å².